The van der Waals surface area contributed by atoms with Crippen molar-refractivity contribution in [1.29, 1.82) is 0 Å². The number of nitrogens with zero attached hydrogens (tertiary/aromatic N) is 3. The molecule has 0 radical (unpaired) electrons. The van der Waals surface area contributed by atoms with E-state index in [0.717, 1.165) is 17.2 Å². The van der Waals surface area contributed by atoms with Crippen LogP contribution in [0.2, 0.25) is 0 Å². The zero-order chi connectivity index (χ0) is 16.2. The highest BCUT2D eigenvalue weighted by Gasteiger charge is 2.19. The van der Waals surface area contributed by atoms with Crippen molar-refractivity contribution in [2.24, 2.45) is 4.99 Å². The third-order valence-electron chi connectivity index (χ3n) is 3.03. The number of guanidine groups is 1. The predicted octanol–water partition coefficient (Wildman–Crippen LogP) is 2.13. The second kappa shape index (κ2) is 6.64. The summed E-state index contributed by atoms with van der Waals surface area (Å²) in [6, 6.07) is 1.88. The molecule has 7 nitrogen and oxygen atoms in total. The van der Waals surface area contributed by atoms with Crippen molar-refractivity contribution in [2.75, 3.05) is 7.05 Å². The number of rotatable bonds is 4. The van der Waals surface area contributed by atoms with E-state index in [-0.39, 0.29) is 5.41 Å². The third-order valence-corrected chi connectivity index (χ3v) is 3.03. The van der Waals surface area contributed by atoms with Gasteiger partial charge in [0.15, 0.2) is 11.7 Å². The Labute approximate surface area is 130 Å². The van der Waals surface area contributed by atoms with Crippen molar-refractivity contribution < 1.29 is 8.94 Å². The molecule has 2 aromatic rings. The summed E-state index contributed by atoms with van der Waals surface area (Å²) in [7, 11) is 1.71. The first kappa shape index (κ1) is 16.1. The molecule has 0 fully saturated rings. The second-order valence-electron chi connectivity index (χ2n) is 6.08. The predicted molar refractivity (Wildman–Crippen MR) is 83.5 cm³/mol. The van der Waals surface area contributed by atoms with Crippen LogP contribution in [0, 0.1) is 6.92 Å². The summed E-state index contributed by atoms with van der Waals surface area (Å²) in [5.74, 6) is 2.89. The molecule has 0 atom stereocenters. The molecule has 0 aliphatic carbocycles. The van der Waals surface area contributed by atoms with Crippen LogP contribution in [0.5, 0.6) is 0 Å². The minimum atomic E-state index is -0.0463. The molecule has 0 amide bonds. The summed E-state index contributed by atoms with van der Waals surface area (Å²) in [6.45, 7) is 9.12. The van der Waals surface area contributed by atoms with E-state index in [2.05, 4.69) is 46.5 Å². The van der Waals surface area contributed by atoms with E-state index in [1.807, 2.05) is 13.0 Å². The number of aromatic nitrogens is 2. The molecular weight excluding hydrogens is 282 g/mol. The summed E-state index contributed by atoms with van der Waals surface area (Å²) >= 11 is 0. The van der Waals surface area contributed by atoms with Crippen molar-refractivity contribution in [3.05, 3.63) is 35.4 Å². The molecule has 0 aliphatic rings. The van der Waals surface area contributed by atoms with Crippen LogP contribution in [0.4, 0.5) is 0 Å². The zero-order valence-electron chi connectivity index (χ0n) is 13.7. The highest BCUT2D eigenvalue weighted by molar-refractivity contribution is 5.79. The third kappa shape index (κ3) is 4.34. The molecule has 0 spiro atoms. The molecule has 0 saturated heterocycles. The maximum Gasteiger partial charge on any atom is 0.213 e. The first-order chi connectivity index (χ1) is 10.4. The van der Waals surface area contributed by atoms with Gasteiger partial charge in [-0.05, 0) is 6.92 Å². The van der Waals surface area contributed by atoms with Crippen LogP contribution in [0.3, 0.4) is 0 Å². The van der Waals surface area contributed by atoms with Gasteiger partial charge in [-0.15, -0.1) is 0 Å². The lowest BCUT2D eigenvalue weighted by Crippen LogP contribution is -2.36. The second-order valence-corrected chi connectivity index (χ2v) is 6.08. The highest BCUT2D eigenvalue weighted by atomic mass is 16.5. The Bertz CT molecular complexity index is 636. The largest absolute Gasteiger partial charge is 0.443 e. The van der Waals surface area contributed by atoms with Crippen molar-refractivity contribution in [3.63, 3.8) is 0 Å². The summed E-state index contributed by atoms with van der Waals surface area (Å²) in [6.07, 6.45) is 1.77. The van der Waals surface area contributed by atoms with Crippen molar-refractivity contribution in [1.82, 2.24) is 20.8 Å². The first-order valence-corrected chi connectivity index (χ1v) is 7.20. The van der Waals surface area contributed by atoms with Gasteiger partial charge in [0.25, 0.3) is 0 Å². The molecule has 2 rings (SSSR count). The molecule has 0 bridgehead atoms. The van der Waals surface area contributed by atoms with Crippen LogP contribution >= 0.6 is 0 Å². The van der Waals surface area contributed by atoms with Crippen molar-refractivity contribution in [2.45, 2.75) is 46.2 Å². The van der Waals surface area contributed by atoms with Crippen molar-refractivity contribution >= 4 is 5.96 Å². The van der Waals surface area contributed by atoms with E-state index in [1.54, 1.807) is 13.2 Å². The summed E-state index contributed by atoms with van der Waals surface area (Å²) in [5.41, 5.74) is 0.809. The number of hydrogen-bond donors (Lipinski definition) is 2. The topological polar surface area (TPSA) is 88.5 Å². The maximum absolute atomic E-state index is 5.72. The minimum Gasteiger partial charge on any atom is -0.443 e. The molecule has 7 heteroatoms. The van der Waals surface area contributed by atoms with E-state index in [9.17, 15) is 0 Å². The quantitative estimate of drug-likeness (QED) is 0.664. The molecule has 0 aliphatic heterocycles. The van der Waals surface area contributed by atoms with Crippen LogP contribution in [-0.4, -0.2) is 23.1 Å². The average molecular weight is 305 g/mol. The Kier molecular flexibility index (Phi) is 4.85. The van der Waals surface area contributed by atoms with Crippen LogP contribution in [0.1, 0.15) is 43.9 Å². The van der Waals surface area contributed by atoms with Gasteiger partial charge in [-0.3, -0.25) is 4.99 Å². The standard InChI is InChI=1S/C15H23N5O2/c1-10-6-11(22-20-10)7-18-14(16-5)19-9-13-17-8-12(21-13)15(2,3)4/h6,8H,7,9H2,1-5H3,(H2,16,18,19). The SMILES string of the molecule is CN=C(NCc1cc(C)no1)NCc1ncc(C(C)(C)C)o1. The number of aryl methyl sites for hydroxylation is 1. The van der Waals surface area contributed by atoms with E-state index in [4.69, 9.17) is 8.94 Å². The van der Waals surface area contributed by atoms with Crippen LogP contribution < -0.4 is 10.6 Å². The van der Waals surface area contributed by atoms with E-state index in [0.29, 0.717) is 24.9 Å². The number of nitrogens with one attached hydrogen (secondary N) is 2. The zero-order valence-corrected chi connectivity index (χ0v) is 13.7. The van der Waals surface area contributed by atoms with Gasteiger partial charge < -0.3 is 19.6 Å². The van der Waals surface area contributed by atoms with Gasteiger partial charge in [-0.25, -0.2) is 4.98 Å². The number of hydrogen-bond acceptors (Lipinski definition) is 5. The first-order valence-electron chi connectivity index (χ1n) is 7.20. The van der Waals surface area contributed by atoms with Gasteiger partial charge in [0.2, 0.25) is 5.89 Å². The van der Waals surface area contributed by atoms with Gasteiger partial charge >= 0.3 is 0 Å². The molecule has 120 valence electrons. The molecule has 2 aromatic heterocycles. The highest BCUT2D eigenvalue weighted by Crippen LogP contribution is 2.22. The summed E-state index contributed by atoms with van der Waals surface area (Å²) < 4.78 is 10.9. The molecular formula is C15H23N5O2. The Balaban J connectivity index is 1.85. The molecule has 2 N–H and O–H groups in total. The summed E-state index contributed by atoms with van der Waals surface area (Å²) in [4.78, 5) is 8.41. The molecule has 22 heavy (non-hydrogen) atoms. The van der Waals surface area contributed by atoms with Gasteiger partial charge in [0.1, 0.15) is 5.76 Å². The fraction of sp³-hybridized carbons (Fsp3) is 0.533. The van der Waals surface area contributed by atoms with Crippen LogP contribution in [0.15, 0.2) is 26.2 Å². The Morgan fingerprint density at radius 2 is 2.00 bits per heavy atom. The molecule has 0 aromatic carbocycles. The fourth-order valence-corrected chi connectivity index (χ4v) is 1.79. The van der Waals surface area contributed by atoms with E-state index < -0.39 is 0 Å². The molecule has 0 unspecified atom stereocenters. The minimum absolute atomic E-state index is 0.0463. The molecule has 2 heterocycles. The fourth-order valence-electron chi connectivity index (χ4n) is 1.79. The van der Waals surface area contributed by atoms with E-state index >= 15 is 0 Å². The lowest BCUT2D eigenvalue weighted by molar-refractivity contribution is 0.374. The molecule has 0 saturated carbocycles. The van der Waals surface area contributed by atoms with Crippen molar-refractivity contribution in [3.8, 4) is 0 Å². The van der Waals surface area contributed by atoms with Gasteiger partial charge in [0, 0.05) is 18.5 Å². The number of aliphatic imine (C=N–C) groups is 1. The average Bonchev–Trinajstić information content (AvgIpc) is 3.07. The normalized spacial score (nSPS) is 12.5. The Hall–Kier alpha value is -2.31. The van der Waals surface area contributed by atoms with Crippen LogP contribution in [0.25, 0.3) is 0 Å². The van der Waals surface area contributed by atoms with E-state index in [1.165, 1.54) is 0 Å². The monoisotopic (exact) mass is 305 g/mol. The van der Waals surface area contributed by atoms with Crippen LogP contribution in [-0.2, 0) is 18.5 Å². The summed E-state index contributed by atoms with van der Waals surface area (Å²) in [5, 5.41) is 10.1. The van der Waals surface area contributed by atoms with Gasteiger partial charge in [-0.2, -0.15) is 0 Å². The maximum atomic E-state index is 5.72. The van der Waals surface area contributed by atoms with Gasteiger partial charge in [-0.1, -0.05) is 25.9 Å². The van der Waals surface area contributed by atoms with Gasteiger partial charge in [0.05, 0.1) is 25.0 Å². The Morgan fingerprint density at radius 1 is 1.27 bits per heavy atom. The Morgan fingerprint density at radius 3 is 2.55 bits per heavy atom. The lowest BCUT2D eigenvalue weighted by atomic mass is 9.94. The smallest absolute Gasteiger partial charge is 0.213 e. The lowest BCUT2D eigenvalue weighted by Gasteiger charge is -2.13. The number of oxazole rings is 1.